The van der Waals surface area contributed by atoms with Gasteiger partial charge in [0.05, 0.1) is 25.5 Å². The van der Waals surface area contributed by atoms with Crippen molar-refractivity contribution in [2.75, 3.05) is 14.2 Å². The highest BCUT2D eigenvalue weighted by molar-refractivity contribution is 7.98. The third-order valence-corrected chi connectivity index (χ3v) is 6.62. The van der Waals surface area contributed by atoms with Crippen LogP contribution in [0.2, 0.25) is 0 Å². The number of para-hydroxylation sites is 1. The molecular weight excluding hydrogens is 474 g/mol. The highest BCUT2D eigenvalue weighted by atomic mass is 32.2. The Bertz CT molecular complexity index is 1420. The first kappa shape index (κ1) is 23.6. The number of rotatable bonds is 10. The molecule has 0 spiro atoms. The normalized spacial score (nSPS) is 10.9. The SMILES string of the molecule is COc1ccc(-c2noc(CSc3nnc(-c4ccccc4OC)n3CCc3ccccc3)n2)cc1. The quantitative estimate of drug-likeness (QED) is 0.231. The summed E-state index contributed by atoms with van der Waals surface area (Å²) in [5.74, 6) is 3.81. The van der Waals surface area contributed by atoms with E-state index in [0.29, 0.717) is 24.0 Å². The summed E-state index contributed by atoms with van der Waals surface area (Å²) in [6.45, 7) is 0.716. The Labute approximate surface area is 213 Å². The molecule has 2 heterocycles. The molecule has 0 N–H and O–H groups in total. The fourth-order valence-corrected chi connectivity index (χ4v) is 4.61. The molecule has 2 aromatic heterocycles. The molecule has 0 unspecified atom stereocenters. The van der Waals surface area contributed by atoms with Gasteiger partial charge in [-0.1, -0.05) is 59.4 Å². The molecule has 5 rings (SSSR count). The van der Waals surface area contributed by atoms with Crippen LogP contribution in [0.25, 0.3) is 22.8 Å². The largest absolute Gasteiger partial charge is 0.497 e. The average Bonchev–Trinajstić information content (AvgIpc) is 3.58. The van der Waals surface area contributed by atoms with Crippen LogP contribution in [0.4, 0.5) is 0 Å². The third kappa shape index (κ3) is 5.26. The molecular formula is C27H25N5O3S. The fourth-order valence-electron chi connectivity index (χ4n) is 3.81. The number of nitrogens with zero attached hydrogens (tertiary/aromatic N) is 5. The van der Waals surface area contributed by atoms with Gasteiger partial charge in [-0.15, -0.1) is 10.2 Å². The zero-order chi connectivity index (χ0) is 24.7. The molecule has 8 nitrogen and oxygen atoms in total. The molecule has 0 saturated carbocycles. The Hall–Kier alpha value is -4.11. The summed E-state index contributed by atoms with van der Waals surface area (Å²) in [6.07, 6.45) is 0.844. The Morgan fingerprint density at radius 3 is 2.42 bits per heavy atom. The van der Waals surface area contributed by atoms with Gasteiger partial charge in [0.15, 0.2) is 11.0 Å². The zero-order valence-corrected chi connectivity index (χ0v) is 20.8. The molecule has 0 aliphatic carbocycles. The molecule has 0 radical (unpaired) electrons. The highest BCUT2D eigenvalue weighted by Gasteiger charge is 2.19. The second-order valence-corrected chi connectivity index (χ2v) is 8.87. The average molecular weight is 500 g/mol. The molecule has 0 aliphatic heterocycles. The van der Waals surface area contributed by atoms with E-state index in [2.05, 4.69) is 37.0 Å². The summed E-state index contributed by atoms with van der Waals surface area (Å²) >= 11 is 1.51. The third-order valence-electron chi connectivity index (χ3n) is 5.67. The molecule has 0 bridgehead atoms. The smallest absolute Gasteiger partial charge is 0.237 e. The van der Waals surface area contributed by atoms with Gasteiger partial charge < -0.3 is 18.6 Å². The molecule has 182 valence electrons. The van der Waals surface area contributed by atoms with Gasteiger partial charge in [-0.05, 0) is 48.4 Å². The molecule has 9 heteroatoms. The van der Waals surface area contributed by atoms with Gasteiger partial charge in [0.25, 0.3) is 0 Å². The Kier molecular flexibility index (Phi) is 7.28. The van der Waals surface area contributed by atoms with Gasteiger partial charge in [0.1, 0.15) is 11.5 Å². The molecule has 5 aromatic rings. The van der Waals surface area contributed by atoms with Crippen LogP contribution >= 0.6 is 11.8 Å². The van der Waals surface area contributed by atoms with Crippen molar-refractivity contribution in [1.82, 2.24) is 24.9 Å². The van der Waals surface area contributed by atoms with Crippen LogP contribution in [-0.2, 0) is 18.7 Å². The van der Waals surface area contributed by atoms with Gasteiger partial charge in [0, 0.05) is 12.1 Å². The minimum Gasteiger partial charge on any atom is -0.497 e. The monoisotopic (exact) mass is 499 g/mol. The highest BCUT2D eigenvalue weighted by Crippen LogP contribution is 2.32. The fraction of sp³-hybridized carbons (Fsp3) is 0.185. The minimum atomic E-state index is 0.471. The first-order chi connectivity index (χ1) is 17.7. The number of thioether (sulfide) groups is 1. The van der Waals surface area contributed by atoms with Crippen molar-refractivity contribution in [3.63, 3.8) is 0 Å². The Morgan fingerprint density at radius 2 is 1.64 bits per heavy atom. The molecule has 36 heavy (non-hydrogen) atoms. The maximum absolute atomic E-state index is 5.59. The van der Waals surface area contributed by atoms with Gasteiger partial charge in [-0.3, -0.25) is 0 Å². The van der Waals surface area contributed by atoms with Crippen molar-refractivity contribution in [2.24, 2.45) is 0 Å². The number of methoxy groups -OCH3 is 2. The summed E-state index contributed by atoms with van der Waals surface area (Å²) < 4.78 is 18.4. The molecule has 0 atom stereocenters. The second-order valence-electron chi connectivity index (χ2n) is 7.92. The molecule has 0 aliphatic rings. The lowest BCUT2D eigenvalue weighted by Gasteiger charge is -2.12. The molecule has 0 amide bonds. The van der Waals surface area contributed by atoms with E-state index < -0.39 is 0 Å². The van der Waals surface area contributed by atoms with Crippen molar-refractivity contribution < 1.29 is 14.0 Å². The van der Waals surface area contributed by atoms with E-state index >= 15 is 0 Å². The molecule has 0 fully saturated rings. The van der Waals surface area contributed by atoms with Gasteiger partial charge >= 0.3 is 0 Å². The number of benzene rings is 3. The number of hydrogen-bond acceptors (Lipinski definition) is 8. The van der Waals surface area contributed by atoms with Crippen molar-refractivity contribution in [2.45, 2.75) is 23.9 Å². The maximum Gasteiger partial charge on any atom is 0.237 e. The summed E-state index contributed by atoms with van der Waals surface area (Å²) in [6, 6.07) is 25.8. The Morgan fingerprint density at radius 1 is 0.861 bits per heavy atom. The standard InChI is InChI=1S/C27H25N5O3S/c1-33-21-14-12-20(13-15-21)25-28-24(35-31-25)18-36-27-30-29-26(22-10-6-7-11-23(22)34-2)32(27)17-16-19-8-4-3-5-9-19/h3-15H,16-18H2,1-2H3. The van der Waals surface area contributed by atoms with Crippen LogP contribution < -0.4 is 9.47 Å². The molecule has 3 aromatic carbocycles. The summed E-state index contributed by atoms with van der Waals surface area (Å²) in [4.78, 5) is 4.55. The lowest BCUT2D eigenvalue weighted by Crippen LogP contribution is -2.06. The van der Waals surface area contributed by atoms with Crippen molar-refractivity contribution in [3.8, 4) is 34.3 Å². The maximum atomic E-state index is 5.59. The predicted molar refractivity (Wildman–Crippen MR) is 138 cm³/mol. The van der Waals surface area contributed by atoms with Crippen molar-refractivity contribution in [1.29, 1.82) is 0 Å². The van der Waals surface area contributed by atoms with Crippen LogP contribution in [0.3, 0.4) is 0 Å². The van der Waals surface area contributed by atoms with Crippen LogP contribution in [-0.4, -0.2) is 39.1 Å². The minimum absolute atomic E-state index is 0.471. The van der Waals surface area contributed by atoms with E-state index in [1.807, 2.05) is 66.7 Å². The van der Waals surface area contributed by atoms with Crippen molar-refractivity contribution in [3.05, 3.63) is 90.3 Å². The summed E-state index contributed by atoms with van der Waals surface area (Å²) in [5.41, 5.74) is 3.00. The zero-order valence-electron chi connectivity index (χ0n) is 20.0. The van der Waals surface area contributed by atoms with Crippen LogP contribution in [0, 0.1) is 0 Å². The van der Waals surface area contributed by atoms with E-state index in [9.17, 15) is 0 Å². The van der Waals surface area contributed by atoms with Crippen LogP contribution in [0.1, 0.15) is 11.5 Å². The lowest BCUT2D eigenvalue weighted by molar-refractivity contribution is 0.391. The second kappa shape index (κ2) is 11.1. The van der Waals surface area contributed by atoms with E-state index in [1.165, 1.54) is 17.3 Å². The van der Waals surface area contributed by atoms with E-state index in [-0.39, 0.29) is 0 Å². The molecule has 0 saturated heterocycles. The lowest BCUT2D eigenvalue weighted by atomic mass is 10.1. The van der Waals surface area contributed by atoms with E-state index in [0.717, 1.165) is 40.0 Å². The summed E-state index contributed by atoms with van der Waals surface area (Å²) in [7, 11) is 3.30. The van der Waals surface area contributed by atoms with Crippen molar-refractivity contribution >= 4 is 11.8 Å². The number of aryl methyl sites for hydroxylation is 1. The number of ether oxygens (including phenoxy) is 2. The topological polar surface area (TPSA) is 88.1 Å². The van der Waals surface area contributed by atoms with E-state index in [1.54, 1.807) is 14.2 Å². The van der Waals surface area contributed by atoms with Crippen LogP contribution in [0.15, 0.2) is 88.5 Å². The summed E-state index contributed by atoms with van der Waals surface area (Å²) in [5, 5.41) is 13.9. The Balaban J connectivity index is 1.37. The van der Waals surface area contributed by atoms with Gasteiger partial charge in [-0.25, -0.2) is 0 Å². The predicted octanol–water partition coefficient (Wildman–Crippen LogP) is 5.55. The van der Waals surface area contributed by atoms with Gasteiger partial charge in [-0.2, -0.15) is 4.98 Å². The van der Waals surface area contributed by atoms with Gasteiger partial charge in [0.2, 0.25) is 11.7 Å². The first-order valence-corrected chi connectivity index (χ1v) is 12.4. The number of hydrogen-bond donors (Lipinski definition) is 0. The first-order valence-electron chi connectivity index (χ1n) is 11.5. The van der Waals surface area contributed by atoms with E-state index in [4.69, 9.17) is 14.0 Å². The van der Waals surface area contributed by atoms with Crippen LogP contribution in [0.5, 0.6) is 11.5 Å². The number of aromatic nitrogens is 5.